The molecular weight excluding hydrogens is 331 g/mol. The summed E-state index contributed by atoms with van der Waals surface area (Å²) in [6, 6.07) is 5.85. The molecule has 1 aromatic carbocycles. The molecule has 0 spiro atoms. The molecule has 1 unspecified atom stereocenters. The average molecular weight is 346 g/mol. The Hall–Kier alpha value is -0.820. The van der Waals surface area contributed by atoms with Crippen LogP contribution in [-0.2, 0) is 10.4 Å². The lowest BCUT2D eigenvalue weighted by Gasteiger charge is -2.24. The molecule has 1 aliphatic heterocycles. The summed E-state index contributed by atoms with van der Waals surface area (Å²) in [4.78, 5) is 13.2. The second-order valence-corrected chi connectivity index (χ2v) is 5.79. The summed E-state index contributed by atoms with van der Waals surface area (Å²) < 4.78 is 1.06. The van der Waals surface area contributed by atoms with Crippen LogP contribution in [0, 0.1) is 3.57 Å². The highest BCUT2D eigenvalue weighted by Crippen LogP contribution is 2.38. The predicted molar refractivity (Wildman–Crippen MR) is 74.9 cm³/mol. The van der Waals surface area contributed by atoms with Gasteiger partial charge in [-0.3, -0.25) is 4.79 Å². The molecular formula is C12H15IN2O2. The van der Waals surface area contributed by atoms with Gasteiger partial charge in [-0.2, -0.15) is 0 Å². The molecule has 1 aliphatic rings. The van der Waals surface area contributed by atoms with Gasteiger partial charge in [-0.15, -0.1) is 0 Å². The van der Waals surface area contributed by atoms with Crippen molar-refractivity contribution in [1.29, 1.82) is 0 Å². The summed E-state index contributed by atoms with van der Waals surface area (Å²) in [5, 5.41) is 13.7. The molecule has 0 aliphatic carbocycles. The summed E-state index contributed by atoms with van der Waals surface area (Å²) >= 11 is 2.20. The van der Waals surface area contributed by atoms with Gasteiger partial charge in [-0.05, 0) is 40.8 Å². The fourth-order valence-electron chi connectivity index (χ4n) is 1.96. The van der Waals surface area contributed by atoms with Crippen molar-refractivity contribution < 1.29 is 9.90 Å². The zero-order chi connectivity index (χ0) is 12.6. The van der Waals surface area contributed by atoms with Crippen LogP contribution < -0.4 is 5.32 Å². The number of anilines is 1. The van der Waals surface area contributed by atoms with E-state index in [0.29, 0.717) is 6.54 Å². The van der Waals surface area contributed by atoms with E-state index in [1.807, 2.05) is 18.2 Å². The van der Waals surface area contributed by atoms with Crippen LogP contribution in [0.15, 0.2) is 18.2 Å². The Labute approximate surface area is 114 Å². The standard InChI is InChI=1S/C12H15IN2O2/c1-15(2)11(16)6-12(17)7-14-10-4-3-8(13)5-9(10)12/h3-5,14,17H,6-7H2,1-2H3. The molecule has 17 heavy (non-hydrogen) atoms. The van der Waals surface area contributed by atoms with Gasteiger partial charge in [-0.25, -0.2) is 0 Å². The van der Waals surface area contributed by atoms with E-state index in [9.17, 15) is 9.90 Å². The molecule has 0 saturated carbocycles. The van der Waals surface area contributed by atoms with E-state index in [1.54, 1.807) is 14.1 Å². The number of aliphatic hydroxyl groups is 1. The summed E-state index contributed by atoms with van der Waals surface area (Å²) in [6.45, 7) is 0.391. The van der Waals surface area contributed by atoms with E-state index in [4.69, 9.17) is 0 Å². The first kappa shape index (κ1) is 12.6. The molecule has 0 fully saturated rings. The normalized spacial score (nSPS) is 21.9. The van der Waals surface area contributed by atoms with Crippen LogP contribution >= 0.6 is 22.6 Å². The molecule has 5 heteroatoms. The Morgan fingerprint density at radius 1 is 1.59 bits per heavy atom. The summed E-state index contributed by atoms with van der Waals surface area (Å²) in [6.07, 6.45) is 0.111. The monoisotopic (exact) mass is 346 g/mol. The van der Waals surface area contributed by atoms with Crippen molar-refractivity contribution in [3.05, 3.63) is 27.3 Å². The number of carbonyl (C=O) groups excluding carboxylic acids is 1. The Balaban J connectivity index is 2.30. The van der Waals surface area contributed by atoms with Gasteiger partial charge >= 0.3 is 0 Å². The van der Waals surface area contributed by atoms with Crippen molar-refractivity contribution in [3.63, 3.8) is 0 Å². The highest BCUT2D eigenvalue weighted by molar-refractivity contribution is 14.1. The molecule has 1 heterocycles. The van der Waals surface area contributed by atoms with Crippen molar-refractivity contribution in [2.24, 2.45) is 0 Å². The average Bonchev–Trinajstić information content (AvgIpc) is 2.56. The van der Waals surface area contributed by atoms with Crippen LogP contribution in [0.4, 0.5) is 5.69 Å². The number of hydrogen-bond donors (Lipinski definition) is 2. The van der Waals surface area contributed by atoms with Gasteiger partial charge in [0.1, 0.15) is 5.60 Å². The molecule has 0 aromatic heterocycles. The quantitative estimate of drug-likeness (QED) is 0.796. The number of amides is 1. The third-order valence-electron chi connectivity index (χ3n) is 3.00. The molecule has 4 nitrogen and oxygen atoms in total. The van der Waals surface area contributed by atoms with Crippen LogP contribution in [0.2, 0.25) is 0 Å². The Morgan fingerprint density at radius 3 is 2.94 bits per heavy atom. The Morgan fingerprint density at radius 2 is 2.29 bits per heavy atom. The molecule has 1 atom stereocenters. The number of hydrogen-bond acceptors (Lipinski definition) is 3. The fraction of sp³-hybridized carbons (Fsp3) is 0.417. The molecule has 92 valence electrons. The zero-order valence-electron chi connectivity index (χ0n) is 9.83. The van der Waals surface area contributed by atoms with E-state index in [-0.39, 0.29) is 12.3 Å². The van der Waals surface area contributed by atoms with Crippen LogP contribution in [0.5, 0.6) is 0 Å². The number of nitrogens with zero attached hydrogens (tertiary/aromatic N) is 1. The number of rotatable bonds is 2. The van der Waals surface area contributed by atoms with Gasteiger partial charge in [0, 0.05) is 35.5 Å². The topological polar surface area (TPSA) is 52.6 Å². The van der Waals surface area contributed by atoms with Gasteiger partial charge in [0.25, 0.3) is 0 Å². The zero-order valence-corrected chi connectivity index (χ0v) is 12.0. The first-order chi connectivity index (χ1) is 7.92. The smallest absolute Gasteiger partial charge is 0.225 e. The number of carbonyl (C=O) groups is 1. The van der Waals surface area contributed by atoms with Crippen molar-refractivity contribution in [2.75, 3.05) is 26.0 Å². The van der Waals surface area contributed by atoms with Crippen LogP contribution in [0.1, 0.15) is 12.0 Å². The minimum absolute atomic E-state index is 0.0685. The van der Waals surface area contributed by atoms with E-state index >= 15 is 0 Å². The lowest BCUT2D eigenvalue weighted by Crippen LogP contribution is -2.35. The SMILES string of the molecule is CN(C)C(=O)CC1(O)CNc2ccc(I)cc21. The molecule has 0 saturated heterocycles. The maximum absolute atomic E-state index is 11.7. The third kappa shape index (κ3) is 2.40. The van der Waals surface area contributed by atoms with Crippen molar-refractivity contribution in [1.82, 2.24) is 4.90 Å². The van der Waals surface area contributed by atoms with E-state index < -0.39 is 5.60 Å². The van der Waals surface area contributed by atoms with Gasteiger partial charge in [0.05, 0.1) is 6.42 Å². The lowest BCUT2D eigenvalue weighted by molar-refractivity contribution is -0.133. The summed E-state index contributed by atoms with van der Waals surface area (Å²) in [7, 11) is 3.40. The minimum Gasteiger partial charge on any atom is -0.383 e. The first-order valence-electron chi connectivity index (χ1n) is 5.39. The largest absolute Gasteiger partial charge is 0.383 e. The van der Waals surface area contributed by atoms with Crippen LogP contribution in [-0.4, -0.2) is 36.6 Å². The number of halogens is 1. The van der Waals surface area contributed by atoms with Crippen LogP contribution in [0.3, 0.4) is 0 Å². The maximum atomic E-state index is 11.7. The molecule has 1 aromatic rings. The van der Waals surface area contributed by atoms with Gasteiger partial charge < -0.3 is 15.3 Å². The second kappa shape index (κ2) is 4.45. The van der Waals surface area contributed by atoms with Gasteiger partial charge in [-0.1, -0.05) is 0 Å². The minimum atomic E-state index is -1.09. The van der Waals surface area contributed by atoms with E-state index in [1.165, 1.54) is 4.90 Å². The molecule has 0 bridgehead atoms. The second-order valence-electron chi connectivity index (χ2n) is 4.54. The van der Waals surface area contributed by atoms with Crippen molar-refractivity contribution in [2.45, 2.75) is 12.0 Å². The number of β-amino-alcohol motifs (C(OH)–C–C–N with tert-alkyl or cyclic N) is 1. The van der Waals surface area contributed by atoms with E-state index in [2.05, 4.69) is 27.9 Å². The lowest BCUT2D eigenvalue weighted by atomic mass is 9.92. The molecule has 1 amide bonds. The van der Waals surface area contributed by atoms with Crippen LogP contribution in [0.25, 0.3) is 0 Å². The Kier molecular flexibility index (Phi) is 3.31. The number of fused-ring (bicyclic) bond motifs is 1. The maximum Gasteiger partial charge on any atom is 0.225 e. The molecule has 2 N–H and O–H groups in total. The predicted octanol–water partition coefficient (Wildman–Crippen LogP) is 1.38. The third-order valence-corrected chi connectivity index (χ3v) is 3.67. The Bertz CT molecular complexity index is 462. The highest BCUT2D eigenvalue weighted by Gasteiger charge is 2.39. The van der Waals surface area contributed by atoms with Crippen molar-refractivity contribution in [3.8, 4) is 0 Å². The number of benzene rings is 1. The summed E-state index contributed by atoms with van der Waals surface area (Å²) in [5.41, 5.74) is 0.650. The van der Waals surface area contributed by atoms with Gasteiger partial charge in [0.15, 0.2) is 0 Å². The van der Waals surface area contributed by atoms with E-state index in [0.717, 1.165) is 14.8 Å². The first-order valence-corrected chi connectivity index (χ1v) is 6.47. The highest BCUT2D eigenvalue weighted by atomic mass is 127. The van der Waals surface area contributed by atoms with Gasteiger partial charge in [0.2, 0.25) is 5.91 Å². The molecule has 2 rings (SSSR count). The summed E-state index contributed by atoms with van der Waals surface area (Å²) in [5.74, 6) is -0.0685. The van der Waals surface area contributed by atoms with Crippen molar-refractivity contribution >= 4 is 34.2 Å². The molecule has 0 radical (unpaired) electrons. The fourth-order valence-corrected chi connectivity index (χ4v) is 2.45. The number of nitrogens with one attached hydrogen (secondary N) is 1.